The number of hydrogen-bond acceptors (Lipinski definition) is 3. The van der Waals surface area contributed by atoms with Crippen LogP contribution in [-0.2, 0) is 0 Å². The van der Waals surface area contributed by atoms with Gasteiger partial charge in [0.15, 0.2) is 0 Å². The second-order valence-electron chi connectivity index (χ2n) is 7.56. The highest BCUT2D eigenvalue weighted by Crippen LogP contribution is 2.24. The van der Waals surface area contributed by atoms with Crippen molar-refractivity contribution in [2.75, 3.05) is 7.05 Å². The number of carbonyl (C=O) groups is 1. The zero-order chi connectivity index (χ0) is 22.1. The predicted octanol–water partition coefficient (Wildman–Crippen LogP) is 5.18. The molecule has 5 nitrogen and oxygen atoms in total. The highest BCUT2D eigenvalue weighted by molar-refractivity contribution is 6.30. The Morgan fingerprint density at radius 1 is 1.00 bits per heavy atom. The van der Waals surface area contributed by atoms with Crippen molar-refractivity contribution < 1.29 is 4.79 Å². The van der Waals surface area contributed by atoms with Gasteiger partial charge in [-0.25, -0.2) is 4.98 Å². The molecule has 0 spiro atoms. The van der Waals surface area contributed by atoms with Gasteiger partial charge in [-0.2, -0.15) is 0 Å². The monoisotopic (exact) mass is 431 g/mol. The number of aryl methyl sites for hydroxylation is 1. The number of para-hydroxylation sites is 1. The van der Waals surface area contributed by atoms with Crippen LogP contribution in [0.5, 0.6) is 0 Å². The Balaban J connectivity index is 1.86. The van der Waals surface area contributed by atoms with Gasteiger partial charge in [-0.15, -0.1) is 0 Å². The van der Waals surface area contributed by atoms with Crippen LogP contribution >= 0.6 is 11.6 Å². The number of aromatic nitrogens is 2. The molecule has 0 saturated heterocycles. The van der Waals surface area contributed by atoms with E-state index in [2.05, 4.69) is 0 Å². The van der Waals surface area contributed by atoms with E-state index >= 15 is 0 Å². The fourth-order valence-electron chi connectivity index (χ4n) is 3.52. The largest absolute Gasteiger partial charge is 0.332 e. The molecule has 1 heterocycles. The molecule has 1 atom stereocenters. The summed E-state index contributed by atoms with van der Waals surface area (Å²) >= 11 is 6.05. The van der Waals surface area contributed by atoms with Crippen molar-refractivity contribution in [2.45, 2.75) is 19.9 Å². The van der Waals surface area contributed by atoms with Crippen LogP contribution in [0.4, 0.5) is 0 Å². The highest BCUT2D eigenvalue weighted by atomic mass is 35.5. The molecule has 0 fully saturated rings. The predicted molar refractivity (Wildman–Crippen MR) is 124 cm³/mol. The average molecular weight is 432 g/mol. The van der Waals surface area contributed by atoms with Crippen molar-refractivity contribution in [1.82, 2.24) is 14.5 Å². The number of amides is 1. The van der Waals surface area contributed by atoms with Gasteiger partial charge in [0.25, 0.3) is 11.5 Å². The van der Waals surface area contributed by atoms with E-state index in [0.29, 0.717) is 33.0 Å². The summed E-state index contributed by atoms with van der Waals surface area (Å²) in [5, 5.41) is 1.09. The maximum atomic E-state index is 13.4. The number of nitrogens with zero attached hydrogens (tertiary/aromatic N) is 3. The van der Waals surface area contributed by atoms with Gasteiger partial charge in [0.2, 0.25) is 0 Å². The summed E-state index contributed by atoms with van der Waals surface area (Å²) < 4.78 is 1.56. The Kier molecular flexibility index (Phi) is 5.61. The molecular formula is C25H22ClN3O2. The second-order valence-corrected chi connectivity index (χ2v) is 8.00. The smallest absolute Gasteiger partial charge is 0.266 e. The lowest BCUT2D eigenvalue weighted by molar-refractivity contribution is 0.0735. The van der Waals surface area contributed by atoms with E-state index in [1.165, 1.54) is 0 Å². The van der Waals surface area contributed by atoms with Crippen molar-refractivity contribution in [3.05, 3.63) is 105 Å². The van der Waals surface area contributed by atoms with Crippen LogP contribution in [0.1, 0.15) is 34.7 Å². The summed E-state index contributed by atoms with van der Waals surface area (Å²) in [6.45, 7) is 3.85. The van der Waals surface area contributed by atoms with Crippen molar-refractivity contribution in [1.29, 1.82) is 0 Å². The Morgan fingerprint density at radius 3 is 2.32 bits per heavy atom. The maximum absolute atomic E-state index is 13.4. The lowest BCUT2D eigenvalue weighted by Gasteiger charge is -2.27. The van der Waals surface area contributed by atoms with E-state index in [9.17, 15) is 9.59 Å². The Morgan fingerprint density at radius 2 is 1.65 bits per heavy atom. The standard InChI is InChI=1S/C25H22ClN3O2/c1-16-8-10-18(11-9-16)24(30)28(3)17(2)23-27-22-7-5-4-6-21(22)25(31)29(23)20-14-12-19(26)13-15-20/h4-15,17H,1-3H3. The fourth-order valence-corrected chi connectivity index (χ4v) is 3.64. The number of rotatable bonds is 4. The molecule has 4 aromatic rings. The van der Waals surface area contributed by atoms with Crippen molar-refractivity contribution in [2.24, 2.45) is 0 Å². The molecule has 0 bridgehead atoms. The van der Waals surface area contributed by atoms with Gasteiger partial charge < -0.3 is 4.90 Å². The minimum atomic E-state index is -0.457. The summed E-state index contributed by atoms with van der Waals surface area (Å²) in [5.74, 6) is 0.339. The number of benzene rings is 3. The Labute approximate surface area is 185 Å². The van der Waals surface area contributed by atoms with E-state index < -0.39 is 6.04 Å². The quantitative estimate of drug-likeness (QED) is 0.447. The number of hydrogen-bond donors (Lipinski definition) is 0. The Hall–Kier alpha value is -3.44. The van der Waals surface area contributed by atoms with E-state index in [4.69, 9.17) is 16.6 Å². The summed E-state index contributed by atoms with van der Waals surface area (Å²) in [6, 6.07) is 21.2. The molecule has 31 heavy (non-hydrogen) atoms. The van der Waals surface area contributed by atoms with E-state index in [1.54, 1.807) is 65.0 Å². The molecule has 0 N–H and O–H groups in total. The molecule has 1 aromatic heterocycles. The summed E-state index contributed by atoms with van der Waals surface area (Å²) in [6.07, 6.45) is 0. The minimum absolute atomic E-state index is 0.141. The first kappa shape index (κ1) is 20.8. The molecule has 0 aliphatic carbocycles. The van der Waals surface area contributed by atoms with Crippen LogP contribution in [0.3, 0.4) is 0 Å². The average Bonchev–Trinajstić information content (AvgIpc) is 2.79. The van der Waals surface area contributed by atoms with Gasteiger partial charge in [-0.05, 0) is 62.4 Å². The third-order valence-corrected chi connectivity index (χ3v) is 5.71. The van der Waals surface area contributed by atoms with Crippen molar-refractivity contribution >= 4 is 28.4 Å². The summed E-state index contributed by atoms with van der Waals surface area (Å²) in [7, 11) is 1.72. The van der Waals surface area contributed by atoms with Crippen molar-refractivity contribution in [3.8, 4) is 5.69 Å². The van der Waals surface area contributed by atoms with Crippen LogP contribution in [0.25, 0.3) is 16.6 Å². The molecule has 0 aliphatic heterocycles. The molecule has 0 radical (unpaired) electrons. The zero-order valence-electron chi connectivity index (χ0n) is 17.5. The lowest BCUT2D eigenvalue weighted by Crippen LogP contribution is -2.34. The SMILES string of the molecule is Cc1ccc(C(=O)N(C)C(C)c2nc3ccccc3c(=O)n2-c2ccc(Cl)cc2)cc1. The number of fused-ring (bicyclic) bond motifs is 1. The van der Waals surface area contributed by atoms with Gasteiger partial charge in [0.05, 0.1) is 22.6 Å². The fraction of sp³-hybridized carbons (Fsp3) is 0.160. The van der Waals surface area contributed by atoms with Gasteiger partial charge >= 0.3 is 0 Å². The van der Waals surface area contributed by atoms with Crippen LogP contribution in [0.2, 0.25) is 5.02 Å². The van der Waals surface area contributed by atoms with Crippen molar-refractivity contribution in [3.63, 3.8) is 0 Å². The summed E-state index contributed by atoms with van der Waals surface area (Å²) in [5.41, 5.74) is 2.72. The topological polar surface area (TPSA) is 55.2 Å². The van der Waals surface area contributed by atoms with Gasteiger partial charge in [0, 0.05) is 17.6 Å². The first-order chi connectivity index (χ1) is 14.9. The van der Waals surface area contributed by atoms with Crippen LogP contribution in [-0.4, -0.2) is 27.4 Å². The van der Waals surface area contributed by atoms with Crippen LogP contribution in [0.15, 0.2) is 77.6 Å². The van der Waals surface area contributed by atoms with Gasteiger partial charge in [-0.3, -0.25) is 14.2 Å². The van der Waals surface area contributed by atoms with Crippen LogP contribution < -0.4 is 5.56 Å². The molecule has 6 heteroatoms. The number of carbonyl (C=O) groups excluding carboxylic acids is 1. The molecule has 1 unspecified atom stereocenters. The molecule has 1 amide bonds. The van der Waals surface area contributed by atoms with Gasteiger partial charge in [0.1, 0.15) is 5.82 Å². The molecule has 0 aliphatic rings. The molecule has 156 valence electrons. The summed E-state index contributed by atoms with van der Waals surface area (Å²) in [4.78, 5) is 32.9. The third kappa shape index (κ3) is 3.97. The number of halogens is 1. The molecule has 4 rings (SSSR count). The van der Waals surface area contributed by atoms with E-state index in [-0.39, 0.29) is 11.5 Å². The van der Waals surface area contributed by atoms with Gasteiger partial charge in [-0.1, -0.05) is 41.4 Å². The first-order valence-electron chi connectivity index (χ1n) is 9.98. The van der Waals surface area contributed by atoms with E-state index in [1.807, 2.05) is 38.1 Å². The third-order valence-electron chi connectivity index (χ3n) is 5.46. The second kappa shape index (κ2) is 8.36. The lowest BCUT2D eigenvalue weighted by atomic mass is 10.1. The zero-order valence-corrected chi connectivity index (χ0v) is 18.3. The molecule has 0 saturated carbocycles. The first-order valence-corrected chi connectivity index (χ1v) is 10.4. The normalized spacial score (nSPS) is 12.0. The minimum Gasteiger partial charge on any atom is -0.332 e. The molecule has 3 aromatic carbocycles. The molecular weight excluding hydrogens is 410 g/mol. The maximum Gasteiger partial charge on any atom is 0.266 e. The van der Waals surface area contributed by atoms with Crippen LogP contribution in [0, 0.1) is 6.92 Å². The Bertz CT molecular complexity index is 1310. The highest BCUT2D eigenvalue weighted by Gasteiger charge is 2.25. The van der Waals surface area contributed by atoms with E-state index in [0.717, 1.165) is 5.56 Å².